The fourth-order valence-electron chi connectivity index (χ4n) is 0.776. The van der Waals surface area contributed by atoms with Gasteiger partial charge in [-0.15, -0.1) is 0 Å². The zero-order valence-electron chi connectivity index (χ0n) is 8.29. The predicted octanol–water partition coefficient (Wildman–Crippen LogP) is 1.63. The average Bonchev–Trinajstić information content (AvgIpc) is 2.11. The van der Waals surface area contributed by atoms with Crippen molar-refractivity contribution in [3.05, 3.63) is 25.4 Å². The maximum absolute atomic E-state index is 10.8. The highest BCUT2D eigenvalue weighted by Gasteiger charge is 2.02. The summed E-state index contributed by atoms with van der Waals surface area (Å²) in [7, 11) is 1.76. The van der Waals surface area contributed by atoms with Crippen LogP contribution >= 0.6 is 0 Å². The first-order valence-corrected chi connectivity index (χ1v) is 4.13. The summed E-state index contributed by atoms with van der Waals surface area (Å²) < 4.78 is 0. The Morgan fingerprint density at radius 3 is 2.54 bits per heavy atom. The van der Waals surface area contributed by atoms with Gasteiger partial charge in [-0.3, -0.25) is 9.79 Å². The number of carbonyl (C=O) groups is 1. The van der Waals surface area contributed by atoms with Gasteiger partial charge in [0.05, 0.1) is 0 Å². The lowest BCUT2D eigenvalue weighted by atomic mass is 10.2. The molecule has 0 aliphatic carbocycles. The lowest BCUT2D eigenvalue weighted by Gasteiger charge is -2.13. The molecule has 0 aromatic carbocycles. The molecule has 0 unspecified atom stereocenters. The molecule has 0 saturated heterocycles. The smallest absolute Gasteiger partial charge is 0.219 e. The highest BCUT2D eigenvalue weighted by molar-refractivity contribution is 5.95. The van der Waals surface area contributed by atoms with E-state index in [9.17, 15) is 4.79 Å². The molecule has 0 aliphatic rings. The summed E-state index contributed by atoms with van der Waals surface area (Å²) in [5.41, 5.74) is 0.850. The minimum atomic E-state index is 0.0574. The van der Waals surface area contributed by atoms with E-state index in [2.05, 4.69) is 18.2 Å². The van der Waals surface area contributed by atoms with Crippen molar-refractivity contribution in [3.63, 3.8) is 0 Å². The summed E-state index contributed by atoms with van der Waals surface area (Å²) in [6.07, 6.45) is 3.87. The van der Waals surface area contributed by atoms with Gasteiger partial charge in [0, 0.05) is 38.8 Å². The molecule has 0 rings (SSSR count). The summed E-state index contributed by atoms with van der Waals surface area (Å²) in [4.78, 5) is 16.5. The van der Waals surface area contributed by atoms with E-state index in [0.717, 1.165) is 5.71 Å². The topological polar surface area (TPSA) is 32.7 Å². The van der Waals surface area contributed by atoms with Crippen molar-refractivity contribution >= 4 is 11.6 Å². The molecule has 3 heteroatoms. The molecule has 0 radical (unpaired) electrons. The second-order valence-electron chi connectivity index (χ2n) is 2.70. The number of allylic oxidation sites excluding steroid dienone is 1. The van der Waals surface area contributed by atoms with Crippen LogP contribution in [-0.2, 0) is 4.79 Å². The molecule has 72 valence electrons. The summed E-state index contributed by atoms with van der Waals surface area (Å²) >= 11 is 0. The fraction of sp³-hybridized carbons (Fsp3) is 0.400. The summed E-state index contributed by atoms with van der Waals surface area (Å²) in [5.74, 6) is 0.0574. The van der Waals surface area contributed by atoms with Crippen molar-refractivity contribution in [1.82, 2.24) is 4.90 Å². The van der Waals surface area contributed by atoms with E-state index < -0.39 is 0 Å². The third-order valence-corrected chi connectivity index (χ3v) is 1.73. The van der Waals surface area contributed by atoms with Crippen LogP contribution in [0.5, 0.6) is 0 Å². The maximum atomic E-state index is 10.8. The van der Waals surface area contributed by atoms with Gasteiger partial charge in [-0.05, 0) is 6.08 Å². The SMILES string of the molecule is C=CN=C(C=C)CCN(C)C(C)=O. The Balaban J connectivity index is 3.99. The monoisotopic (exact) mass is 180 g/mol. The van der Waals surface area contributed by atoms with E-state index in [1.807, 2.05) is 0 Å². The van der Waals surface area contributed by atoms with E-state index in [1.54, 1.807) is 18.0 Å². The van der Waals surface area contributed by atoms with Crippen molar-refractivity contribution < 1.29 is 4.79 Å². The summed E-state index contributed by atoms with van der Waals surface area (Å²) in [5, 5.41) is 0. The first-order valence-electron chi connectivity index (χ1n) is 4.13. The molecule has 0 heterocycles. The van der Waals surface area contributed by atoms with Gasteiger partial charge in [0.1, 0.15) is 0 Å². The normalized spacial score (nSPS) is 10.8. The Morgan fingerprint density at radius 1 is 1.54 bits per heavy atom. The van der Waals surface area contributed by atoms with Crippen LogP contribution in [0.2, 0.25) is 0 Å². The maximum Gasteiger partial charge on any atom is 0.219 e. The lowest BCUT2D eigenvalue weighted by Crippen LogP contribution is -2.26. The molecular formula is C10H16N2O. The standard InChI is InChI=1S/C10H16N2O/c1-5-10(11-6-2)7-8-12(4)9(3)13/h5-6H,1-2,7-8H2,3-4H3. The molecule has 0 spiro atoms. The van der Waals surface area contributed by atoms with Crippen LogP contribution in [0.25, 0.3) is 0 Å². The third kappa shape index (κ3) is 4.95. The second kappa shape index (κ2) is 6.17. The first-order chi connectivity index (χ1) is 6.11. The Kier molecular flexibility index (Phi) is 5.52. The molecule has 1 amide bonds. The van der Waals surface area contributed by atoms with Crippen LogP contribution in [0, 0.1) is 0 Å². The molecular weight excluding hydrogens is 164 g/mol. The van der Waals surface area contributed by atoms with Gasteiger partial charge in [-0.25, -0.2) is 0 Å². The average molecular weight is 180 g/mol. The van der Waals surface area contributed by atoms with Gasteiger partial charge < -0.3 is 4.90 Å². The Hall–Kier alpha value is -1.38. The van der Waals surface area contributed by atoms with Gasteiger partial charge in [0.25, 0.3) is 0 Å². The second-order valence-corrected chi connectivity index (χ2v) is 2.70. The first kappa shape index (κ1) is 11.6. The number of nitrogens with zero attached hydrogens (tertiary/aromatic N) is 2. The molecule has 0 atom stereocenters. The molecule has 0 N–H and O–H groups in total. The quantitative estimate of drug-likeness (QED) is 0.592. The van der Waals surface area contributed by atoms with Crippen LogP contribution in [0.4, 0.5) is 0 Å². The molecule has 0 aromatic rings. The van der Waals surface area contributed by atoms with Crippen molar-refractivity contribution in [2.45, 2.75) is 13.3 Å². The Morgan fingerprint density at radius 2 is 2.15 bits per heavy atom. The van der Waals surface area contributed by atoms with E-state index in [0.29, 0.717) is 13.0 Å². The number of rotatable bonds is 5. The molecule has 0 saturated carbocycles. The summed E-state index contributed by atoms with van der Waals surface area (Å²) in [6, 6.07) is 0. The molecule has 0 fully saturated rings. The minimum Gasteiger partial charge on any atom is -0.346 e. The minimum absolute atomic E-state index is 0.0574. The van der Waals surface area contributed by atoms with E-state index in [-0.39, 0.29) is 5.91 Å². The zero-order valence-corrected chi connectivity index (χ0v) is 8.29. The molecule has 0 bridgehead atoms. The highest BCUT2D eigenvalue weighted by atomic mass is 16.2. The fourth-order valence-corrected chi connectivity index (χ4v) is 0.776. The van der Waals surface area contributed by atoms with Crippen LogP contribution in [0.1, 0.15) is 13.3 Å². The van der Waals surface area contributed by atoms with Gasteiger partial charge >= 0.3 is 0 Å². The van der Waals surface area contributed by atoms with Crippen molar-refractivity contribution in [1.29, 1.82) is 0 Å². The molecule has 0 aliphatic heterocycles. The third-order valence-electron chi connectivity index (χ3n) is 1.73. The molecule has 13 heavy (non-hydrogen) atoms. The van der Waals surface area contributed by atoms with Gasteiger partial charge in [-0.1, -0.05) is 13.2 Å². The van der Waals surface area contributed by atoms with E-state index >= 15 is 0 Å². The zero-order chi connectivity index (χ0) is 10.3. The van der Waals surface area contributed by atoms with Gasteiger partial charge in [-0.2, -0.15) is 0 Å². The van der Waals surface area contributed by atoms with Crippen LogP contribution in [0.3, 0.4) is 0 Å². The number of aliphatic imine (C=N–C) groups is 1. The van der Waals surface area contributed by atoms with Crippen LogP contribution in [-0.4, -0.2) is 30.1 Å². The van der Waals surface area contributed by atoms with Crippen LogP contribution in [0.15, 0.2) is 30.4 Å². The summed E-state index contributed by atoms with van der Waals surface area (Å²) in [6.45, 7) is 9.32. The molecule has 3 nitrogen and oxygen atoms in total. The van der Waals surface area contributed by atoms with Crippen LogP contribution < -0.4 is 0 Å². The number of hydrogen-bond acceptors (Lipinski definition) is 2. The number of amides is 1. The van der Waals surface area contributed by atoms with E-state index in [1.165, 1.54) is 13.1 Å². The molecule has 0 aromatic heterocycles. The highest BCUT2D eigenvalue weighted by Crippen LogP contribution is 1.93. The van der Waals surface area contributed by atoms with Gasteiger partial charge in [0.2, 0.25) is 5.91 Å². The van der Waals surface area contributed by atoms with Crippen molar-refractivity contribution in [2.24, 2.45) is 4.99 Å². The Bertz CT molecular complexity index is 231. The van der Waals surface area contributed by atoms with Crippen molar-refractivity contribution in [3.8, 4) is 0 Å². The predicted molar refractivity (Wildman–Crippen MR) is 55.8 cm³/mol. The Labute approximate surface area is 79.5 Å². The van der Waals surface area contributed by atoms with E-state index in [4.69, 9.17) is 0 Å². The lowest BCUT2D eigenvalue weighted by molar-refractivity contribution is -0.127. The largest absolute Gasteiger partial charge is 0.346 e. The number of carbonyl (C=O) groups excluding carboxylic acids is 1. The van der Waals surface area contributed by atoms with Gasteiger partial charge in [0.15, 0.2) is 0 Å². The number of hydrogen-bond donors (Lipinski definition) is 0. The van der Waals surface area contributed by atoms with Crippen molar-refractivity contribution in [2.75, 3.05) is 13.6 Å².